The average Bonchev–Trinajstić information content (AvgIpc) is 3.38. The average molecular weight is 567 g/mol. The Kier molecular flexibility index (Phi) is 8.03. The van der Waals surface area contributed by atoms with Gasteiger partial charge in [-0.1, -0.05) is 13.8 Å². The van der Waals surface area contributed by atoms with Crippen LogP contribution in [-0.2, 0) is 17.6 Å². The number of carbonyl (C=O) groups is 1. The fourth-order valence-electron chi connectivity index (χ4n) is 3.71. The molecule has 0 saturated carbocycles. The highest BCUT2D eigenvalue weighted by molar-refractivity contribution is 14.2. The van der Waals surface area contributed by atoms with E-state index in [1.807, 2.05) is 69.5 Å². The van der Waals surface area contributed by atoms with Crippen LogP contribution in [-0.4, -0.2) is 49.5 Å². The van der Waals surface area contributed by atoms with Gasteiger partial charge in [0, 0.05) is 29.2 Å². The number of carbonyl (C=O) groups excluding carboxylic acids is 1. The van der Waals surface area contributed by atoms with E-state index in [4.69, 9.17) is 9.97 Å². The second-order valence-electron chi connectivity index (χ2n) is 8.57. The molecule has 32 heavy (non-hydrogen) atoms. The van der Waals surface area contributed by atoms with Crippen molar-refractivity contribution in [3.63, 3.8) is 0 Å². The Labute approximate surface area is 204 Å². The maximum atomic E-state index is 12.5. The van der Waals surface area contributed by atoms with E-state index < -0.39 is 0 Å². The lowest BCUT2D eigenvalue weighted by Gasteiger charge is -2.25. The van der Waals surface area contributed by atoms with Gasteiger partial charge in [0.05, 0.1) is 30.8 Å². The summed E-state index contributed by atoms with van der Waals surface area (Å²) in [6.07, 6.45) is 7.12. The summed E-state index contributed by atoms with van der Waals surface area (Å²) in [6.45, 7) is 10.2. The lowest BCUT2D eigenvalue weighted by Crippen LogP contribution is -2.45. The molecule has 1 N–H and O–H groups in total. The van der Waals surface area contributed by atoms with E-state index in [2.05, 4.69) is 37.4 Å². The van der Waals surface area contributed by atoms with Crippen LogP contribution in [0.25, 0.3) is 22.4 Å². The first kappa shape index (κ1) is 24.8. The van der Waals surface area contributed by atoms with E-state index >= 15 is 0 Å². The molecule has 3 aromatic heterocycles. The van der Waals surface area contributed by atoms with Crippen molar-refractivity contribution in [3.05, 3.63) is 29.7 Å². The molecule has 0 fully saturated rings. The molecule has 1 aliphatic carbocycles. The van der Waals surface area contributed by atoms with Gasteiger partial charge in [-0.2, -0.15) is 5.10 Å². The van der Waals surface area contributed by atoms with Crippen LogP contribution >= 0.6 is 28.4 Å². The number of rotatable bonds is 5. The molecule has 3 aromatic rings. The molecule has 4 rings (SSSR count). The Balaban J connectivity index is 0.00000141. The van der Waals surface area contributed by atoms with Crippen molar-refractivity contribution in [1.82, 2.24) is 29.8 Å². The zero-order chi connectivity index (χ0) is 23.5. The van der Waals surface area contributed by atoms with Crippen LogP contribution in [0.1, 0.15) is 52.3 Å². The van der Waals surface area contributed by atoms with Crippen molar-refractivity contribution < 1.29 is 4.79 Å². The molecule has 1 atom stereocenters. The molecule has 172 valence electrons. The SMILES string of the molecule is CC.CN(CC(=O)NC(C)(C)C)c1nc(-c2cc3cnn(PI)c3cn2)nc2c1CCC2. The number of halogens is 1. The van der Waals surface area contributed by atoms with Gasteiger partial charge in [-0.3, -0.25) is 9.78 Å². The summed E-state index contributed by atoms with van der Waals surface area (Å²) in [5.41, 5.74) is 3.67. The van der Waals surface area contributed by atoms with Gasteiger partial charge in [-0.15, -0.1) is 0 Å². The van der Waals surface area contributed by atoms with Crippen molar-refractivity contribution in [3.8, 4) is 11.5 Å². The number of anilines is 1. The van der Waals surface area contributed by atoms with E-state index in [0.717, 1.165) is 52.9 Å². The van der Waals surface area contributed by atoms with Crippen LogP contribution in [0.5, 0.6) is 0 Å². The zero-order valence-corrected chi connectivity index (χ0v) is 22.7. The van der Waals surface area contributed by atoms with Crippen LogP contribution in [0.15, 0.2) is 18.5 Å². The molecule has 1 unspecified atom stereocenters. The summed E-state index contributed by atoms with van der Waals surface area (Å²) in [5, 5.41) is 8.44. The number of hydrogen-bond acceptors (Lipinski definition) is 6. The molecule has 0 aromatic carbocycles. The number of hydrogen-bond donors (Lipinski definition) is 1. The van der Waals surface area contributed by atoms with Gasteiger partial charge in [0.1, 0.15) is 11.5 Å². The fraction of sp³-hybridized carbons (Fsp3) is 0.500. The smallest absolute Gasteiger partial charge is 0.239 e. The second-order valence-corrected chi connectivity index (χ2v) is 10.6. The topological polar surface area (TPSA) is 88.8 Å². The Morgan fingerprint density at radius 2 is 2.00 bits per heavy atom. The normalized spacial score (nSPS) is 13.2. The number of fused-ring (bicyclic) bond motifs is 2. The first-order chi connectivity index (χ1) is 15.2. The van der Waals surface area contributed by atoms with Gasteiger partial charge in [-0.25, -0.2) is 14.4 Å². The molecular weight excluding hydrogens is 536 g/mol. The predicted molar refractivity (Wildman–Crippen MR) is 141 cm³/mol. The largest absolute Gasteiger partial charge is 0.350 e. The Morgan fingerprint density at radius 3 is 2.69 bits per heavy atom. The van der Waals surface area contributed by atoms with Gasteiger partial charge < -0.3 is 10.2 Å². The number of pyridine rings is 1. The number of aromatic nitrogens is 5. The number of amides is 1. The molecule has 8 nitrogen and oxygen atoms in total. The molecule has 10 heteroatoms. The Morgan fingerprint density at radius 1 is 1.25 bits per heavy atom. The Hall–Kier alpha value is -1.87. The highest BCUT2D eigenvalue weighted by atomic mass is 127. The third-order valence-corrected chi connectivity index (χ3v) is 6.82. The Bertz CT molecular complexity index is 1110. The highest BCUT2D eigenvalue weighted by Gasteiger charge is 2.24. The molecule has 1 aliphatic rings. The van der Waals surface area contributed by atoms with E-state index in [9.17, 15) is 4.79 Å². The first-order valence-corrected chi connectivity index (χ1v) is 14.9. The molecular formula is C22H31IN7OP. The van der Waals surface area contributed by atoms with E-state index in [-0.39, 0.29) is 18.0 Å². The molecule has 0 aliphatic heterocycles. The third-order valence-electron chi connectivity index (χ3n) is 4.93. The standard InChI is InChI=1S/C20H25IN7OP.C2H6/c1-20(2,3)26-17(29)11-27(4)19-13-6-5-7-14(13)24-18(25-19)15-8-12-9-23-28(30-21)16(12)10-22-15;1-2/h8-10,30H,5-7,11H2,1-4H3,(H,26,29);1-2H3. The fourth-order valence-corrected chi connectivity index (χ4v) is 5.24. The van der Waals surface area contributed by atoms with Crippen LogP contribution in [0, 0.1) is 0 Å². The van der Waals surface area contributed by atoms with Gasteiger partial charge in [0.15, 0.2) is 5.82 Å². The lowest BCUT2D eigenvalue weighted by atomic mass is 10.1. The number of likely N-dealkylation sites (N-methyl/N-ethyl adjacent to an activating group) is 1. The monoisotopic (exact) mass is 567 g/mol. The second kappa shape index (κ2) is 10.4. The predicted octanol–water partition coefficient (Wildman–Crippen LogP) is 4.55. The highest BCUT2D eigenvalue weighted by Crippen LogP contribution is 2.32. The van der Waals surface area contributed by atoms with Crippen LogP contribution in [0.3, 0.4) is 0 Å². The van der Waals surface area contributed by atoms with Gasteiger partial charge in [0.2, 0.25) is 5.91 Å². The first-order valence-electron chi connectivity index (χ1n) is 10.9. The van der Waals surface area contributed by atoms with Gasteiger partial charge in [0.25, 0.3) is 0 Å². The number of nitrogens with zero attached hydrogens (tertiary/aromatic N) is 6. The van der Waals surface area contributed by atoms with Crippen LogP contribution in [0.2, 0.25) is 0 Å². The minimum atomic E-state index is -0.265. The lowest BCUT2D eigenvalue weighted by molar-refractivity contribution is -0.121. The summed E-state index contributed by atoms with van der Waals surface area (Å²) < 4.78 is 1.93. The molecule has 0 spiro atoms. The van der Waals surface area contributed by atoms with Gasteiger partial charge >= 0.3 is 0 Å². The van der Waals surface area contributed by atoms with Crippen molar-refractivity contribution in [1.29, 1.82) is 0 Å². The molecule has 0 saturated heterocycles. The molecule has 3 heterocycles. The van der Waals surface area contributed by atoms with Crippen LogP contribution < -0.4 is 10.2 Å². The summed E-state index contributed by atoms with van der Waals surface area (Å²) in [6, 6.07) is 1.99. The minimum Gasteiger partial charge on any atom is -0.350 e. The van der Waals surface area contributed by atoms with E-state index in [1.165, 1.54) is 0 Å². The number of nitrogens with one attached hydrogen (secondary N) is 1. The molecule has 1 amide bonds. The molecule has 0 bridgehead atoms. The van der Waals surface area contributed by atoms with Crippen molar-refractivity contribution in [2.45, 2.75) is 59.4 Å². The maximum absolute atomic E-state index is 12.5. The third kappa shape index (κ3) is 5.54. The van der Waals surface area contributed by atoms with Crippen molar-refractivity contribution >= 4 is 51.0 Å². The number of aryl methyl sites for hydroxylation is 1. The quantitative estimate of drug-likeness (QED) is 0.360. The molecule has 0 radical (unpaired) electrons. The summed E-state index contributed by atoms with van der Waals surface area (Å²) in [7, 11) is 1.91. The summed E-state index contributed by atoms with van der Waals surface area (Å²) in [5.74, 6) is 1.40. The van der Waals surface area contributed by atoms with Crippen molar-refractivity contribution in [2.24, 2.45) is 0 Å². The van der Waals surface area contributed by atoms with Crippen LogP contribution in [0.4, 0.5) is 5.82 Å². The minimum absolute atomic E-state index is 0.0245. The zero-order valence-electron chi connectivity index (χ0n) is 19.5. The summed E-state index contributed by atoms with van der Waals surface area (Å²) in [4.78, 5) is 28.6. The van der Waals surface area contributed by atoms with Crippen molar-refractivity contribution in [2.75, 3.05) is 18.5 Å². The maximum Gasteiger partial charge on any atom is 0.239 e. The summed E-state index contributed by atoms with van der Waals surface area (Å²) >= 11 is 2.30. The van der Waals surface area contributed by atoms with E-state index in [1.54, 1.807) is 0 Å². The van der Waals surface area contributed by atoms with Gasteiger partial charge in [-0.05, 0) is 68.1 Å². The van der Waals surface area contributed by atoms with E-state index in [0.29, 0.717) is 12.2 Å².